The Balaban J connectivity index is 1.94. The van der Waals surface area contributed by atoms with Crippen molar-refractivity contribution in [2.45, 2.75) is 218 Å². The topological polar surface area (TPSA) is 90.6 Å². The Labute approximate surface area is 294 Å². The van der Waals surface area contributed by atoms with E-state index in [1.54, 1.807) is 0 Å². The number of alkyl halides is 1. The molecule has 0 saturated carbocycles. The van der Waals surface area contributed by atoms with Gasteiger partial charge in [0.25, 0.3) is 0 Å². The van der Waals surface area contributed by atoms with Crippen molar-refractivity contribution in [2.75, 3.05) is 33.1 Å². The third-order valence-corrected chi connectivity index (χ3v) is 9.61. The lowest BCUT2D eigenvalue weighted by atomic mass is 9.98. The molecule has 8 nitrogen and oxygen atoms in total. The molecule has 0 spiro atoms. The lowest BCUT2D eigenvalue weighted by molar-refractivity contribution is -0.321. The molecule has 0 aromatic heterocycles. The largest absolute Gasteiger partial charge is 0.373 e. The lowest BCUT2D eigenvalue weighted by Gasteiger charge is -2.45. The molecule has 2 N–H and O–H groups in total. The molecule has 0 bridgehead atoms. The summed E-state index contributed by atoms with van der Waals surface area (Å²) in [6.07, 6.45) is 18.6. The molecule has 2 saturated heterocycles. The number of hydrogen-bond donors (Lipinski definition) is 1. The SMILES string of the molecule is CCCCCCCCCCCCCC[C@H]1OC(C)(C)O[C@H]1[C@@H](N)CO[C@H]1OC(CF)[C@@H](OCCCC)C(OCCCC)C1OCCCC. The molecule has 0 aromatic rings. The summed E-state index contributed by atoms with van der Waals surface area (Å²) in [6, 6.07) is -0.448. The van der Waals surface area contributed by atoms with Crippen molar-refractivity contribution in [2.24, 2.45) is 5.73 Å². The highest BCUT2D eigenvalue weighted by Gasteiger charge is 2.50. The van der Waals surface area contributed by atoms with Crippen LogP contribution in [0.2, 0.25) is 0 Å². The summed E-state index contributed by atoms with van der Waals surface area (Å²) in [5, 5.41) is 0. The summed E-state index contributed by atoms with van der Waals surface area (Å²) in [5.74, 6) is -0.711. The van der Waals surface area contributed by atoms with Crippen LogP contribution in [0.15, 0.2) is 0 Å². The number of nitrogens with two attached hydrogens (primary N) is 1. The minimum Gasteiger partial charge on any atom is -0.373 e. The standard InChI is InChI=1S/C39H76FNO7/c1-7-11-15-16-17-18-19-20-21-22-23-24-25-32-34(48-39(5,6)47-32)31(41)30-45-38-37(44-28-14-10-4)36(43-27-13-9-3)35(33(29-40)46-38)42-26-12-8-2/h31-38H,7-30,41H2,1-6H3/t31-,32+,33?,34-,35+,36?,37?,38-/m0/s1. The van der Waals surface area contributed by atoms with Crippen LogP contribution in [-0.2, 0) is 33.2 Å². The Morgan fingerprint density at radius 2 is 1.06 bits per heavy atom. The van der Waals surface area contributed by atoms with E-state index in [2.05, 4.69) is 27.7 Å². The van der Waals surface area contributed by atoms with Crippen molar-refractivity contribution >= 4 is 0 Å². The third kappa shape index (κ3) is 16.8. The maximum Gasteiger partial charge on any atom is 0.187 e. The molecule has 48 heavy (non-hydrogen) atoms. The van der Waals surface area contributed by atoms with Gasteiger partial charge in [-0.1, -0.05) is 124 Å². The van der Waals surface area contributed by atoms with Crippen LogP contribution in [0, 0.1) is 0 Å². The van der Waals surface area contributed by atoms with E-state index < -0.39 is 49.2 Å². The zero-order valence-corrected chi connectivity index (χ0v) is 31.9. The lowest BCUT2D eigenvalue weighted by Crippen LogP contribution is -2.62. The molecule has 2 aliphatic rings. The molecule has 8 atom stereocenters. The predicted octanol–water partition coefficient (Wildman–Crippen LogP) is 9.19. The van der Waals surface area contributed by atoms with Gasteiger partial charge in [0.1, 0.15) is 37.2 Å². The van der Waals surface area contributed by atoms with Crippen LogP contribution in [0.4, 0.5) is 4.39 Å². The molecule has 0 aromatic carbocycles. The molecule has 0 aliphatic carbocycles. The van der Waals surface area contributed by atoms with Crippen LogP contribution in [0.5, 0.6) is 0 Å². The molecule has 2 aliphatic heterocycles. The maximum absolute atomic E-state index is 14.5. The quantitative estimate of drug-likeness (QED) is 0.0747. The Bertz CT molecular complexity index is 762. The number of halogens is 1. The summed E-state index contributed by atoms with van der Waals surface area (Å²) in [5.41, 5.74) is 6.76. The van der Waals surface area contributed by atoms with Gasteiger partial charge >= 0.3 is 0 Å². The molecule has 2 rings (SSSR count). The summed E-state index contributed by atoms with van der Waals surface area (Å²) in [6.45, 7) is 13.6. The van der Waals surface area contributed by atoms with E-state index in [9.17, 15) is 4.39 Å². The first kappa shape index (κ1) is 43.8. The average Bonchev–Trinajstić information content (AvgIpc) is 3.39. The highest BCUT2D eigenvalue weighted by molar-refractivity contribution is 4.94. The molecule has 2 fully saturated rings. The van der Waals surface area contributed by atoms with Crippen LogP contribution in [0.1, 0.15) is 164 Å². The van der Waals surface area contributed by atoms with Crippen molar-refractivity contribution in [1.29, 1.82) is 0 Å². The Morgan fingerprint density at radius 1 is 0.583 bits per heavy atom. The van der Waals surface area contributed by atoms with E-state index in [0.29, 0.717) is 19.8 Å². The number of ether oxygens (including phenoxy) is 7. The van der Waals surface area contributed by atoms with Gasteiger partial charge in [-0.2, -0.15) is 0 Å². The highest BCUT2D eigenvalue weighted by atomic mass is 19.1. The Hall–Kier alpha value is -0.390. The first-order valence-electron chi connectivity index (χ1n) is 20.1. The first-order valence-corrected chi connectivity index (χ1v) is 20.1. The molecule has 2 heterocycles. The van der Waals surface area contributed by atoms with E-state index in [0.717, 1.165) is 51.4 Å². The second-order valence-electron chi connectivity index (χ2n) is 14.6. The molecule has 3 unspecified atom stereocenters. The van der Waals surface area contributed by atoms with Crippen molar-refractivity contribution in [1.82, 2.24) is 0 Å². The molecule has 0 amide bonds. The second-order valence-corrected chi connectivity index (χ2v) is 14.6. The van der Waals surface area contributed by atoms with Gasteiger partial charge < -0.3 is 38.9 Å². The number of unbranched alkanes of at least 4 members (excludes halogenated alkanes) is 14. The van der Waals surface area contributed by atoms with E-state index in [1.807, 2.05) is 13.8 Å². The van der Waals surface area contributed by atoms with Crippen LogP contribution >= 0.6 is 0 Å². The molecule has 286 valence electrons. The zero-order chi connectivity index (χ0) is 35.0. The van der Waals surface area contributed by atoms with E-state index in [-0.39, 0.29) is 18.8 Å². The average molecular weight is 690 g/mol. The van der Waals surface area contributed by atoms with Gasteiger partial charge in [-0.05, 0) is 39.5 Å². The summed E-state index contributed by atoms with van der Waals surface area (Å²) < 4.78 is 58.7. The first-order chi connectivity index (χ1) is 23.3. The molecular formula is C39H76FNO7. The van der Waals surface area contributed by atoms with Crippen molar-refractivity contribution in [3.63, 3.8) is 0 Å². The Kier molecular flexibility index (Phi) is 24.1. The molecule has 9 heteroatoms. The minimum atomic E-state index is -0.837. The van der Waals surface area contributed by atoms with Gasteiger partial charge in [-0.15, -0.1) is 0 Å². The van der Waals surface area contributed by atoms with Gasteiger partial charge in [-0.3, -0.25) is 0 Å². The summed E-state index contributed by atoms with van der Waals surface area (Å²) in [4.78, 5) is 0. The van der Waals surface area contributed by atoms with Crippen LogP contribution in [0.3, 0.4) is 0 Å². The highest BCUT2D eigenvalue weighted by Crippen LogP contribution is 2.34. The predicted molar refractivity (Wildman–Crippen MR) is 192 cm³/mol. The van der Waals surface area contributed by atoms with Crippen LogP contribution in [-0.4, -0.2) is 87.8 Å². The van der Waals surface area contributed by atoms with E-state index in [4.69, 9.17) is 38.9 Å². The minimum absolute atomic E-state index is 0.106. The van der Waals surface area contributed by atoms with Gasteiger partial charge in [-0.25, -0.2) is 4.39 Å². The monoisotopic (exact) mass is 690 g/mol. The van der Waals surface area contributed by atoms with Crippen molar-refractivity contribution < 1.29 is 37.5 Å². The summed E-state index contributed by atoms with van der Waals surface area (Å²) >= 11 is 0. The zero-order valence-electron chi connectivity index (χ0n) is 31.9. The fraction of sp³-hybridized carbons (Fsp3) is 1.00. The van der Waals surface area contributed by atoms with Gasteiger partial charge in [0, 0.05) is 19.8 Å². The fourth-order valence-corrected chi connectivity index (χ4v) is 6.73. The fourth-order valence-electron chi connectivity index (χ4n) is 6.73. The molecular weight excluding hydrogens is 613 g/mol. The van der Waals surface area contributed by atoms with Crippen LogP contribution < -0.4 is 5.73 Å². The smallest absolute Gasteiger partial charge is 0.187 e. The van der Waals surface area contributed by atoms with Gasteiger partial charge in [0.15, 0.2) is 12.1 Å². The maximum atomic E-state index is 14.5. The van der Waals surface area contributed by atoms with Crippen molar-refractivity contribution in [3.8, 4) is 0 Å². The third-order valence-electron chi connectivity index (χ3n) is 9.61. The Morgan fingerprint density at radius 3 is 1.58 bits per heavy atom. The van der Waals surface area contributed by atoms with Gasteiger partial charge in [0.2, 0.25) is 0 Å². The summed E-state index contributed by atoms with van der Waals surface area (Å²) in [7, 11) is 0. The number of hydrogen-bond acceptors (Lipinski definition) is 8. The van der Waals surface area contributed by atoms with E-state index in [1.165, 1.54) is 70.6 Å². The number of rotatable bonds is 30. The molecule has 0 radical (unpaired) electrons. The normalized spacial score (nSPS) is 27.9. The van der Waals surface area contributed by atoms with E-state index >= 15 is 0 Å². The van der Waals surface area contributed by atoms with Gasteiger partial charge in [0.05, 0.1) is 18.8 Å². The van der Waals surface area contributed by atoms with Crippen molar-refractivity contribution in [3.05, 3.63) is 0 Å². The second kappa shape index (κ2) is 26.4. The van der Waals surface area contributed by atoms with Crippen LogP contribution in [0.25, 0.3) is 0 Å².